The average Bonchev–Trinajstić information content (AvgIpc) is 3.14. The van der Waals surface area contributed by atoms with Gasteiger partial charge in [-0.25, -0.2) is 8.42 Å². The Bertz CT molecular complexity index is 768. The summed E-state index contributed by atoms with van der Waals surface area (Å²) in [6.07, 6.45) is 1.62. The SMILES string of the molecule is O=S(=O)(c1ccccc1)N1CCN(C(=S)NCc2ccco2)CC1. The van der Waals surface area contributed by atoms with E-state index in [0.29, 0.717) is 42.7 Å². The zero-order valence-electron chi connectivity index (χ0n) is 13.1. The number of thiocarbonyl (C=S) groups is 1. The average molecular weight is 365 g/mol. The maximum atomic E-state index is 12.6. The van der Waals surface area contributed by atoms with Crippen molar-refractivity contribution in [3.8, 4) is 0 Å². The molecule has 0 radical (unpaired) electrons. The molecule has 128 valence electrons. The van der Waals surface area contributed by atoms with Crippen LogP contribution >= 0.6 is 12.2 Å². The van der Waals surface area contributed by atoms with Crippen LogP contribution in [0.1, 0.15) is 5.76 Å². The van der Waals surface area contributed by atoms with E-state index in [2.05, 4.69) is 5.32 Å². The molecule has 1 fully saturated rings. The molecule has 1 aromatic heterocycles. The third kappa shape index (κ3) is 3.77. The van der Waals surface area contributed by atoms with E-state index >= 15 is 0 Å². The molecular weight excluding hydrogens is 346 g/mol. The summed E-state index contributed by atoms with van der Waals surface area (Å²) in [5.41, 5.74) is 0. The maximum Gasteiger partial charge on any atom is 0.243 e. The molecule has 1 aliphatic rings. The number of hydrogen-bond donors (Lipinski definition) is 1. The highest BCUT2D eigenvalue weighted by Crippen LogP contribution is 2.17. The van der Waals surface area contributed by atoms with Gasteiger partial charge in [0.05, 0.1) is 17.7 Å². The minimum absolute atomic E-state index is 0.331. The van der Waals surface area contributed by atoms with Gasteiger partial charge in [-0.1, -0.05) is 18.2 Å². The maximum absolute atomic E-state index is 12.6. The van der Waals surface area contributed by atoms with E-state index < -0.39 is 10.0 Å². The molecule has 0 unspecified atom stereocenters. The fourth-order valence-electron chi connectivity index (χ4n) is 2.56. The van der Waals surface area contributed by atoms with Gasteiger partial charge >= 0.3 is 0 Å². The van der Waals surface area contributed by atoms with Crippen LogP contribution in [-0.4, -0.2) is 48.9 Å². The second-order valence-corrected chi connectivity index (χ2v) is 7.77. The molecule has 1 aromatic carbocycles. The lowest BCUT2D eigenvalue weighted by Gasteiger charge is -2.35. The predicted octanol–water partition coefficient (Wildman–Crippen LogP) is 1.66. The van der Waals surface area contributed by atoms with Crippen molar-refractivity contribution in [2.75, 3.05) is 26.2 Å². The summed E-state index contributed by atoms with van der Waals surface area (Å²) in [5.74, 6) is 0.808. The predicted molar refractivity (Wildman–Crippen MR) is 94.9 cm³/mol. The van der Waals surface area contributed by atoms with E-state index in [4.69, 9.17) is 16.6 Å². The van der Waals surface area contributed by atoms with Gasteiger partial charge in [0.25, 0.3) is 0 Å². The molecule has 2 aromatic rings. The number of nitrogens with one attached hydrogen (secondary N) is 1. The second-order valence-electron chi connectivity index (χ2n) is 5.44. The Labute approximate surface area is 147 Å². The molecule has 0 aliphatic carbocycles. The number of furan rings is 1. The van der Waals surface area contributed by atoms with Gasteiger partial charge < -0.3 is 14.6 Å². The molecule has 2 heterocycles. The summed E-state index contributed by atoms with van der Waals surface area (Å²) < 4.78 is 31.9. The van der Waals surface area contributed by atoms with E-state index in [9.17, 15) is 8.42 Å². The molecular formula is C16H19N3O3S2. The van der Waals surface area contributed by atoms with E-state index in [-0.39, 0.29) is 0 Å². The lowest BCUT2D eigenvalue weighted by Crippen LogP contribution is -2.52. The number of sulfonamides is 1. The van der Waals surface area contributed by atoms with Crippen molar-refractivity contribution >= 4 is 27.4 Å². The van der Waals surface area contributed by atoms with Crippen molar-refractivity contribution in [1.29, 1.82) is 0 Å². The number of hydrogen-bond acceptors (Lipinski definition) is 4. The summed E-state index contributed by atoms with van der Waals surface area (Å²) in [4.78, 5) is 2.31. The fourth-order valence-corrected chi connectivity index (χ4v) is 4.26. The van der Waals surface area contributed by atoms with Crippen molar-refractivity contribution in [3.63, 3.8) is 0 Å². The summed E-state index contributed by atoms with van der Waals surface area (Å²) in [6, 6.07) is 12.2. The van der Waals surface area contributed by atoms with Gasteiger partial charge in [0.15, 0.2) is 5.11 Å². The molecule has 0 atom stereocenters. The largest absolute Gasteiger partial charge is 0.467 e. The molecule has 1 N–H and O–H groups in total. The minimum Gasteiger partial charge on any atom is -0.467 e. The Morgan fingerprint density at radius 1 is 1.08 bits per heavy atom. The Kier molecular flexibility index (Phi) is 5.17. The van der Waals surface area contributed by atoms with Crippen LogP contribution in [0.4, 0.5) is 0 Å². The first-order valence-electron chi connectivity index (χ1n) is 7.68. The van der Waals surface area contributed by atoms with Crippen LogP contribution in [0.15, 0.2) is 58.0 Å². The zero-order valence-corrected chi connectivity index (χ0v) is 14.7. The number of nitrogens with zero attached hydrogens (tertiary/aromatic N) is 2. The number of rotatable bonds is 4. The summed E-state index contributed by atoms with van der Waals surface area (Å²) in [6.45, 7) is 2.49. The lowest BCUT2D eigenvalue weighted by molar-refractivity contribution is 0.263. The van der Waals surface area contributed by atoms with Crippen LogP contribution in [0.25, 0.3) is 0 Å². The highest BCUT2D eigenvalue weighted by molar-refractivity contribution is 7.89. The normalized spacial score (nSPS) is 16.1. The Morgan fingerprint density at radius 2 is 1.79 bits per heavy atom. The third-order valence-corrected chi connectivity index (χ3v) is 6.22. The first-order chi connectivity index (χ1) is 11.6. The fraction of sp³-hybridized carbons (Fsp3) is 0.312. The molecule has 0 spiro atoms. The van der Waals surface area contributed by atoms with Crippen molar-refractivity contribution < 1.29 is 12.8 Å². The Hall–Kier alpha value is -1.90. The molecule has 6 nitrogen and oxygen atoms in total. The zero-order chi connectivity index (χ0) is 17.0. The molecule has 0 amide bonds. The third-order valence-electron chi connectivity index (χ3n) is 3.90. The van der Waals surface area contributed by atoms with Gasteiger partial charge in [0.1, 0.15) is 5.76 Å². The van der Waals surface area contributed by atoms with Gasteiger partial charge in [0, 0.05) is 26.2 Å². The molecule has 1 saturated heterocycles. The first kappa shape index (κ1) is 16.9. The molecule has 8 heteroatoms. The van der Waals surface area contributed by atoms with Gasteiger partial charge in [0.2, 0.25) is 10.0 Å². The molecule has 0 bridgehead atoms. The van der Waals surface area contributed by atoms with Crippen molar-refractivity contribution in [2.45, 2.75) is 11.4 Å². The second kappa shape index (κ2) is 7.33. The van der Waals surface area contributed by atoms with Crippen LogP contribution < -0.4 is 5.32 Å². The van der Waals surface area contributed by atoms with E-state index in [0.717, 1.165) is 5.76 Å². The lowest BCUT2D eigenvalue weighted by atomic mass is 10.4. The van der Waals surface area contributed by atoms with Crippen molar-refractivity contribution in [3.05, 3.63) is 54.5 Å². The van der Waals surface area contributed by atoms with Crippen molar-refractivity contribution in [1.82, 2.24) is 14.5 Å². The van der Waals surface area contributed by atoms with Gasteiger partial charge in [-0.3, -0.25) is 0 Å². The number of benzene rings is 1. The van der Waals surface area contributed by atoms with Gasteiger partial charge in [-0.05, 0) is 36.5 Å². The smallest absolute Gasteiger partial charge is 0.243 e. The molecule has 0 saturated carbocycles. The standard InChI is InChI=1S/C16H19N3O3S2/c20-24(21,15-6-2-1-3-7-15)19-10-8-18(9-11-19)16(23)17-13-14-5-4-12-22-14/h1-7,12H,8-11,13H2,(H,17,23). The highest BCUT2D eigenvalue weighted by Gasteiger charge is 2.28. The molecule has 1 aliphatic heterocycles. The topological polar surface area (TPSA) is 65.8 Å². The molecule has 3 rings (SSSR count). The van der Waals surface area contributed by atoms with Crippen LogP contribution in [0.5, 0.6) is 0 Å². The van der Waals surface area contributed by atoms with Crippen LogP contribution in [0.3, 0.4) is 0 Å². The minimum atomic E-state index is -3.43. The monoisotopic (exact) mass is 365 g/mol. The van der Waals surface area contributed by atoms with Gasteiger partial charge in [-0.2, -0.15) is 4.31 Å². The first-order valence-corrected chi connectivity index (χ1v) is 9.52. The van der Waals surface area contributed by atoms with Crippen molar-refractivity contribution in [2.24, 2.45) is 0 Å². The quantitative estimate of drug-likeness (QED) is 0.832. The van der Waals surface area contributed by atoms with Crippen LogP contribution in [0, 0.1) is 0 Å². The van der Waals surface area contributed by atoms with E-state index in [1.807, 2.05) is 17.0 Å². The summed E-state index contributed by atoms with van der Waals surface area (Å²) >= 11 is 5.38. The van der Waals surface area contributed by atoms with Gasteiger partial charge in [-0.15, -0.1) is 0 Å². The Balaban J connectivity index is 1.54. The van der Waals surface area contributed by atoms with E-state index in [1.165, 1.54) is 4.31 Å². The Morgan fingerprint density at radius 3 is 2.42 bits per heavy atom. The van der Waals surface area contributed by atoms with Crippen LogP contribution in [-0.2, 0) is 16.6 Å². The summed E-state index contributed by atoms with van der Waals surface area (Å²) in [7, 11) is -3.43. The molecule has 24 heavy (non-hydrogen) atoms. The van der Waals surface area contributed by atoms with E-state index in [1.54, 1.807) is 36.6 Å². The number of piperazine rings is 1. The highest BCUT2D eigenvalue weighted by atomic mass is 32.2. The summed E-state index contributed by atoms with van der Waals surface area (Å²) in [5, 5.41) is 3.75. The van der Waals surface area contributed by atoms with Crippen LogP contribution in [0.2, 0.25) is 0 Å².